The van der Waals surface area contributed by atoms with Gasteiger partial charge in [0.25, 0.3) is 5.91 Å². The molecule has 12 heteroatoms. The van der Waals surface area contributed by atoms with E-state index >= 15 is 0 Å². The van der Waals surface area contributed by atoms with E-state index in [2.05, 4.69) is 10.1 Å². The summed E-state index contributed by atoms with van der Waals surface area (Å²) in [7, 11) is 1.10. The van der Waals surface area contributed by atoms with Gasteiger partial charge in [0.15, 0.2) is 0 Å². The summed E-state index contributed by atoms with van der Waals surface area (Å²) in [6, 6.07) is 21.1. The number of nitrogens with zero attached hydrogens (tertiary/aromatic N) is 5. The van der Waals surface area contributed by atoms with Crippen LogP contribution < -0.4 is 16.0 Å². The summed E-state index contributed by atoms with van der Waals surface area (Å²) in [5, 5.41) is 9.89. The van der Waals surface area contributed by atoms with Crippen molar-refractivity contribution >= 4 is 47.0 Å². The molecule has 46 heavy (non-hydrogen) atoms. The summed E-state index contributed by atoms with van der Waals surface area (Å²) < 4.78 is 25.3. The van der Waals surface area contributed by atoms with Crippen LogP contribution in [0.2, 0.25) is 0 Å². The maximum absolute atomic E-state index is 12.9. The molecule has 0 radical (unpaired) electrons. The van der Waals surface area contributed by atoms with E-state index in [0.717, 1.165) is 27.7 Å². The Kier molecular flexibility index (Phi) is 8.69. The lowest BCUT2D eigenvalue weighted by atomic mass is 9.78. The van der Waals surface area contributed by atoms with Crippen LogP contribution in [-0.4, -0.2) is 84.2 Å². The summed E-state index contributed by atoms with van der Waals surface area (Å²) >= 11 is 0. The molecule has 0 spiro atoms. The molecule has 0 aliphatic carbocycles. The molecule has 0 unspecified atom stereocenters. The van der Waals surface area contributed by atoms with Gasteiger partial charge in [-0.05, 0) is 81.2 Å². The van der Waals surface area contributed by atoms with E-state index in [1.54, 1.807) is 42.5 Å². The first-order valence-electron chi connectivity index (χ1n) is 15.4. The summed E-state index contributed by atoms with van der Waals surface area (Å²) in [4.78, 5) is 19.3. The third-order valence-electron chi connectivity index (χ3n) is 8.92. The van der Waals surface area contributed by atoms with Gasteiger partial charge in [-0.25, -0.2) is 0 Å². The van der Waals surface area contributed by atoms with E-state index in [4.69, 9.17) is 29.7 Å². The normalized spacial score (nSPS) is 18.1. The predicted molar refractivity (Wildman–Crippen MR) is 180 cm³/mol. The minimum Gasteiger partial charge on any atom is -0.497 e. The quantitative estimate of drug-likeness (QED) is 0.137. The van der Waals surface area contributed by atoms with Crippen molar-refractivity contribution in [2.45, 2.75) is 45.4 Å². The number of hydrazone groups is 1. The van der Waals surface area contributed by atoms with Gasteiger partial charge in [-0.1, -0.05) is 24.3 Å². The fourth-order valence-corrected chi connectivity index (χ4v) is 5.47. The highest BCUT2D eigenvalue weighted by atomic mass is 16.7. The molecule has 2 N–H and O–H groups in total. The van der Waals surface area contributed by atoms with Crippen LogP contribution in [0, 0.1) is 0 Å². The number of aromatic nitrogens is 2. The van der Waals surface area contributed by atoms with Crippen molar-refractivity contribution < 1.29 is 23.6 Å². The number of morpholine rings is 1. The topological polar surface area (TPSA) is 126 Å². The van der Waals surface area contributed by atoms with Crippen molar-refractivity contribution in [3.63, 3.8) is 0 Å². The highest BCUT2D eigenvalue weighted by Crippen LogP contribution is 2.36. The third kappa shape index (κ3) is 6.28. The van der Waals surface area contributed by atoms with Gasteiger partial charge in [-0.2, -0.15) is 10.2 Å². The Morgan fingerprint density at radius 3 is 2.30 bits per heavy atom. The molecular formula is C34H39BN6O5. The molecule has 2 saturated heterocycles. The molecule has 0 saturated carbocycles. The number of benzene rings is 3. The second-order valence-corrected chi connectivity index (χ2v) is 12.4. The lowest BCUT2D eigenvalue weighted by molar-refractivity contribution is 0.00578. The molecular weight excluding hydrogens is 583 g/mol. The average Bonchev–Trinajstić information content (AvgIpc) is 3.53. The molecule has 11 nitrogen and oxygen atoms in total. The number of hydrogen-bond donors (Lipinski definition) is 1. The number of amides is 1. The van der Waals surface area contributed by atoms with Crippen LogP contribution >= 0.6 is 0 Å². The van der Waals surface area contributed by atoms with E-state index in [1.807, 2.05) is 74.8 Å². The molecule has 1 amide bonds. The van der Waals surface area contributed by atoms with E-state index in [0.29, 0.717) is 55.5 Å². The van der Waals surface area contributed by atoms with Gasteiger partial charge in [-0.15, -0.1) is 0 Å². The van der Waals surface area contributed by atoms with Crippen LogP contribution in [-0.2, 0) is 20.6 Å². The highest BCUT2D eigenvalue weighted by molar-refractivity contribution is 6.62. The molecule has 4 aromatic rings. The number of carbonyl (C=O) groups is 1. The fraction of sp³-hybridized carbons (Fsp3) is 0.353. The summed E-state index contributed by atoms with van der Waals surface area (Å²) in [5.41, 5.74) is 4.09. The zero-order chi connectivity index (χ0) is 32.5. The van der Waals surface area contributed by atoms with Gasteiger partial charge >= 0.3 is 7.12 Å². The Labute approximate surface area is 269 Å². The first-order valence-corrected chi connectivity index (χ1v) is 15.4. The SMILES string of the molecule is COc1ccc(Cn2nc(C(C=Nc3ccc(C(=O)N4CCOCC4)cc3)=NN)c3cc(B4OC(C)(C)C(C)(C)O4)ccc32)cc1. The predicted octanol–water partition coefficient (Wildman–Crippen LogP) is 3.93. The van der Waals surface area contributed by atoms with Crippen molar-refractivity contribution in [1.82, 2.24) is 14.7 Å². The molecule has 1 aromatic heterocycles. The molecule has 3 aromatic carbocycles. The zero-order valence-electron chi connectivity index (χ0n) is 26.9. The van der Waals surface area contributed by atoms with Crippen molar-refractivity contribution in [3.8, 4) is 5.75 Å². The molecule has 2 fully saturated rings. The van der Waals surface area contributed by atoms with Crippen LogP contribution in [0.5, 0.6) is 5.75 Å². The second-order valence-electron chi connectivity index (χ2n) is 12.4. The van der Waals surface area contributed by atoms with Gasteiger partial charge in [0, 0.05) is 24.0 Å². The molecule has 0 bridgehead atoms. The van der Waals surface area contributed by atoms with Crippen LogP contribution in [0.1, 0.15) is 49.3 Å². The lowest BCUT2D eigenvalue weighted by Crippen LogP contribution is -2.41. The largest absolute Gasteiger partial charge is 0.497 e. The minimum atomic E-state index is -0.544. The standard InChI is InChI=1S/C34H39BN6O5/c1-33(2)34(3,4)46-35(45-33)25-10-15-30-28(20-25)31(39-41(30)22-23-6-13-27(43-5)14-7-23)29(38-36)21-37-26-11-8-24(9-12-26)32(42)40-16-18-44-19-17-40/h6-15,20-21H,16-19,22,36H2,1-5H3. The van der Waals surface area contributed by atoms with Gasteiger partial charge < -0.3 is 29.5 Å². The van der Waals surface area contributed by atoms with Crippen LogP contribution in [0.3, 0.4) is 0 Å². The van der Waals surface area contributed by atoms with Gasteiger partial charge in [0.05, 0.1) is 55.5 Å². The van der Waals surface area contributed by atoms with Crippen LogP contribution in [0.25, 0.3) is 10.9 Å². The van der Waals surface area contributed by atoms with Gasteiger partial charge in [0.2, 0.25) is 0 Å². The summed E-state index contributed by atoms with van der Waals surface area (Å²) in [6.45, 7) is 10.9. The monoisotopic (exact) mass is 622 g/mol. The van der Waals surface area contributed by atoms with E-state index in [-0.39, 0.29) is 5.91 Å². The smallest absolute Gasteiger partial charge is 0.494 e. The van der Waals surface area contributed by atoms with Crippen molar-refractivity contribution in [2.24, 2.45) is 15.9 Å². The number of aliphatic imine (C=N–C) groups is 1. The van der Waals surface area contributed by atoms with E-state index in [9.17, 15) is 4.79 Å². The number of ether oxygens (including phenoxy) is 2. The molecule has 3 heterocycles. The molecule has 6 rings (SSSR count). The summed E-state index contributed by atoms with van der Waals surface area (Å²) in [5.74, 6) is 6.72. The summed E-state index contributed by atoms with van der Waals surface area (Å²) in [6.07, 6.45) is 1.60. The lowest BCUT2D eigenvalue weighted by Gasteiger charge is -2.32. The van der Waals surface area contributed by atoms with Gasteiger partial charge in [0.1, 0.15) is 17.2 Å². The Balaban J connectivity index is 1.32. The first kappa shape index (κ1) is 31.5. The van der Waals surface area contributed by atoms with Crippen molar-refractivity contribution in [2.75, 3.05) is 33.4 Å². The fourth-order valence-electron chi connectivity index (χ4n) is 5.47. The second kappa shape index (κ2) is 12.7. The zero-order valence-corrected chi connectivity index (χ0v) is 26.9. The Hall–Kier alpha value is -4.52. The Bertz CT molecular complexity index is 1760. The third-order valence-corrected chi connectivity index (χ3v) is 8.92. The number of methoxy groups -OCH3 is 1. The molecule has 0 atom stereocenters. The number of rotatable bonds is 8. The van der Waals surface area contributed by atoms with Crippen molar-refractivity contribution in [1.29, 1.82) is 0 Å². The maximum Gasteiger partial charge on any atom is 0.494 e. The number of fused-ring (bicyclic) bond motifs is 1. The minimum absolute atomic E-state index is 0.0188. The number of hydrogen-bond acceptors (Lipinski definition) is 9. The first-order chi connectivity index (χ1) is 22.1. The average molecular weight is 623 g/mol. The molecule has 238 valence electrons. The Morgan fingerprint density at radius 1 is 1.00 bits per heavy atom. The van der Waals surface area contributed by atoms with E-state index in [1.165, 1.54) is 0 Å². The highest BCUT2D eigenvalue weighted by Gasteiger charge is 2.51. The van der Waals surface area contributed by atoms with Crippen LogP contribution in [0.15, 0.2) is 76.8 Å². The van der Waals surface area contributed by atoms with E-state index < -0.39 is 18.3 Å². The van der Waals surface area contributed by atoms with Crippen LogP contribution in [0.4, 0.5) is 5.69 Å². The molecule has 2 aliphatic heterocycles. The number of carbonyl (C=O) groups excluding carboxylic acids is 1. The number of nitrogens with two attached hydrogens (primary N) is 1. The van der Waals surface area contributed by atoms with Gasteiger partial charge in [-0.3, -0.25) is 14.5 Å². The van der Waals surface area contributed by atoms with Crippen molar-refractivity contribution in [3.05, 3.63) is 83.6 Å². The maximum atomic E-state index is 12.9. The Morgan fingerprint density at radius 2 is 1.67 bits per heavy atom. The molecule has 2 aliphatic rings.